The number of nitrogens with zero attached hydrogens (tertiary/aromatic N) is 1. The largest absolute Gasteiger partial charge is 0.460 e. The predicted molar refractivity (Wildman–Crippen MR) is 92.0 cm³/mol. The van der Waals surface area contributed by atoms with Gasteiger partial charge in [0.2, 0.25) is 0 Å². The van der Waals surface area contributed by atoms with Crippen molar-refractivity contribution in [2.24, 2.45) is 5.92 Å². The van der Waals surface area contributed by atoms with Crippen LogP contribution in [0.1, 0.15) is 46.6 Å². The molecule has 1 atom stereocenters. The van der Waals surface area contributed by atoms with Crippen LogP contribution in [0.2, 0.25) is 0 Å². The lowest BCUT2D eigenvalue weighted by atomic mass is 9.94. The standard InChI is InChI=1S/C19H29NO3/c1-14(2)18(15(3)12-17(21)23-19(4,5)6)20(22)13-16-10-8-7-9-11-16/h7-11,14,18,22H,3,12-13H2,1-2,4-6H3. The zero-order valence-corrected chi connectivity index (χ0v) is 14.9. The summed E-state index contributed by atoms with van der Waals surface area (Å²) in [5.41, 5.74) is 1.14. The Morgan fingerprint density at radius 3 is 2.30 bits per heavy atom. The molecule has 0 aliphatic heterocycles. The third-order valence-electron chi connectivity index (χ3n) is 3.35. The lowest BCUT2D eigenvalue weighted by Crippen LogP contribution is -2.38. The number of esters is 1. The molecule has 0 spiro atoms. The molecule has 0 amide bonds. The number of ether oxygens (including phenoxy) is 1. The summed E-state index contributed by atoms with van der Waals surface area (Å²) in [5, 5.41) is 11.7. The van der Waals surface area contributed by atoms with Crippen LogP contribution in [0.15, 0.2) is 42.5 Å². The Bertz CT molecular complexity index is 517. The van der Waals surface area contributed by atoms with E-state index in [9.17, 15) is 10.0 Å². The summed E-state index contributed by atoms with van der Waals surface area (Å²) < 4.78 is 5.34. The average Bonchev–Trinajstić information content (AvgIpc) is 2.36. The molecule has 0 saturated carbocycles. The molecule has 23 heavy (non-hydrogen) atoms. The Morgan fingerprint density at radius 2 is 1.83 bits per heavy atom. The van der Waals surface area contributed by atoms with Gasteiger partial charge in [0.15, 0.2) is 0 Å². The number of hydroxylamine groups is 2. The van der Waals surface area contributed by atoms with E-state index in [2.05, 4.69) is 6.58 Å². The zero-order chi connectivity index (χ0) is 17.6. The van der Waals surface area contributed by atoms with Crippen molar-refractivity contribution < 1.29 is 14.7 Å². The molecule has 1 unspecified atom stereocenters. The zero-order valence-electron chi connectivity index (χ0n) is 14.9. The van der Waals surface area contributed by atoms with Crippen LogP contribution in [0, 0.1) is 5.92 Å². The van der Waals surface area contributed by atoms with E-state index in [1.54, 1.807) is 0 Å². The minimum absolute atomic E-state index is 0.103. The number of carbonyl (C=O) groups is 1. The second kappa shape index (κ2) is 8.27. The van der Waals surface area contributed by atoms with Crippen molar-refractivity contribution in [3.8, 4) is 0 Å². The molecular formula is C19H29NO3. The van der Waals surface area contributed by atoms with Crippen molar-refractivity contribution in [1.82, 2.24) is 5.06 Å². The molecule has 0 fully saturated rings. The maximum absolute atomic E-state index is 12.0. The molecule has 0 radical (unpaired) electrons. The monoisotopic (exact) mass is 319 g/mol. The van der Waals surface area contributed by atoms with Gasteiger partial charge in [-0.05, 0) is 37.8 Å². The Kier molecular flexibility index (Phi) is 6.98. The molecular weight excluding hydrogens is 290 g/mol. The summed E-state index contributed by atoms with van der Waals surface area (Å²) in [6.07, 6.45) is 0.103. The van der Waals surface area contributed by atoms with E-state index < -0.39 is 5.60 Å². The van der Waals surface area contributed by atoms with Crippen LogP contribution < -0.4 is 0 Å². The molecule has 1 aromatic rings. The summed E-state index contributed by atoms with van der Waals surface area (Å²) in [6, 6.07) is 9.41. The molecule has 128 valence electrons. The fraction of sp³-hybridized carbons (Fsp3) is 0.526. The fourth-order valence-electron chi connectivity index (χ4n) is 2.56. The van der Waals surface area contributed by atoms with Gasteiger partial charge < -0.3 is 9.94 Å². The van der Waals surface area contributed by atoms with Gasteiger partial charge in [-0.1, -0.05) is 50.8 Å². The SMILES string of the molecule is C=C(CC(=O)OC(C)(C)C)C(C(C)C)N(O)Cc1ccccc1. The van der Waals surface area contributed by atoms with E-state index in [-0.39, 0.29) is 24.3 Å². The molecule has 4 nitrogen and oxygen atoms in total. The van der Waals surface area contributed by atoms with Crippen molar-refractivity contribution in [2.45, 2.75) is 59.2 Å². The number of benzene rings is 1. The molecule has 0 aromatic heterocycles. The van der Waals surface area contributed by atoms with Crippen molar-refractivity contribution in [1.29, 1.82) is 0 Å². The number of rotatable bonds is 7. The van der Waals surface area contributed by atoms with Crippen molar-refractivity contribution >= 4 is 5.97 Å². The molecule has 4 heteroatoms. The third-order valence-corrected chi connectivity index (χ3v) is 3.35. The minimum atomic E-state index is -0.520. The van der Waals surface area contributed by atoms with E-state index in [4.69, 9.17) is 4.74 Å². The summed E-state index contributed by atoms with van der Waals surface area (Å²) in [4.78, 5) is 12.0. The third kappa shape index (κ3) is 6.97. The van der Waals surface area contributed by atoms with E-state index >= 15 is 0 Å². The summed E-state index contributed by atoms with van der Waals surface area (Å²) >= 11 is 0. The van der Waals surface area contributed by atoms with Crippen molar-refractivity contribution in [2.75, 3.05) is 0 Å². The fourth-order valence-corrected chi connectivity index (χ4v) is 2.56. The second-order valence-electron chi connectivity index (χ2n) is 7.19. The van der Waals surface area contributed by atoms with Gasteiger partial charge in [-0.3, -0.25) is 4.79 Å². The molecule has 1 aromatic carbocycles. The first-order valence-corrected chi connectivity index (χ1v) is 7.99. The molecule has 0 bridgehead atoms. The van der Waals surface area contributed by atoms with Crippen LogP contribution in [-0.2, 0) is 16.1 Å². The van der Waals surface area contributed by atoms with Crippen LogP contribution in [-0.4, -0.2) is 27.9 Å². The topological polar surface area (TPSA) is 49.8 Å². The van der Waals surface area contributed by atoms with Gasteiger partial charge in [0, 0.05) is 6.54 Å². The maximum atomic E-state index is 12.0. The Hall–Kier alpha value is -1.65. The summed E-state index contributed by atoms with van der Waals surface area (Å²) in [7, 11) is 0. The highest BCUT2D eigenvalue weighted by Gasteiger charge is 2.26. The van der Waals surface area contributed by atoms with E-state index in [1.165, 1.54) is 5.06 Å². The van der Waals surface area contributed by atoms with E-state index in [0.717, 1.165) is 5.56 Å². The van der Waals surface area contributed by atoms with Gasteiger partial charge in [-0.25, -0.2) is 0 Å². The number of hydrogen-bond acceptors (Lipinski definition) is 4. The van der Waals surface area contributed by atoms with E-state index in [1.807, 2.05) is 65.0 Å². The van der Waals surface area contributed by atoms with E-state index in [0.29, 0.717) is 12.1 Å². The van der Waals surface area contributed by atoms with Crippen LogP contribution in [0.5, 0.6) is 0 Å². The number of carbonyl (C=O) groups excluding carboxylic acids is 1. The number of hydrogen-bond donors (Lipinski definition) is 1. The Labute approximate surface area is 139 Å². The highest BCUT2D eigenvalue weighted by atomic mass is 16.6. The molecule has 0 aliphatic rings. The quantitative estimate of drug-likeness (QED) is 0.465. The van der Waals surface area contributed by atoms with Gasteiger partial charge >= 0.3 is 5.97 Å². The molecule has 1 rings (SSSR count). The summed E-state index contributed by atoms with van der Waals surface area (Å²) in [6.45, 7) is 13.9. The van der Waals surface area contributed by atoms with Crippen LogP contribution >= 0.6 is 0 Å². The van der Waals surface area contributed by atoms with Gasteiger partial charge in [0.25, 0.3) is 0 Å². The van der Waals surface area contributed by atoms with Crippen molar-refractivity contribution in [3.63, 3.8) is 0 Å². The normalized spacial score (nSPS) is 13.2. The first kappa shape index (κ1) is 19.4. The highest BCUT2D eigenvalue weighted by Crippen LogP contribution is 2.22. The minimum Gasteiger partial charge on any atom is -0.460 e. The van der Waals surface area contributed by atoms with Gasteiger partial charge in [0.1, 0.15) is 5.60 Å². The van der Waals surface area contributed by atoms with Gasteiger partial charge in [0.05, 0.1) is 12.5 Å². The Balaban J connectivity index is 2.73. The van der Waals surface area contributed by atoms with Crippen LogP contribution in [0.25, 0.3) is 0 Å². The Morgan fingerprint density at radius 1 is 1.26 bits per heavy atom. The van der Waals surface area contributed by atoms with Crippen molar-refractivity contribution in [3.05, 3.63) is 48.0 Å². The van der Waals surface area contributed by atoms with Gasteiger partial charge in [-0.2, -0.15) is 5.06 Å². The molecule has 0 saturated heterocycles. The summed E-state index contributed by atoms with van der Waals surface area (Å²) in [5.74, 6) is -0.195. The smallest absolute Gasteiger partial charge is 0.310 e. The maximum Gasteiger partial charge on any atom is 0.310 e. The molecule has 0 heterocycles. The molecule has 0 aliphatic carbocycles. The first-order chi connectivity index (χ1) is 10.6. The van der Waals surface area contributed by atoms with Gasteiger partial charge in [-0.15, -0.1) is 0 Å². The molecule has 1 N–H and O–H groups in total. The lowest BCUT2D eigenvalue weighted by Gasteiger charge is -2.31. The lowest BCUT2D eigenvalue weighted by molar-refractivity contribution is -0.156. The average molecular weight is 319 g/mol. The highest BCUT2D eigenvalue weighted by molar-refractivity contribution is 5.73. The predicted octanol–water partition coefficient (Wildman–Crippen LogP) is 4.19. The van der Waals surface area contributed by atoms with Crippen LogP contribution in [0.3, 0.4) is 0 Å². The second-order valence-corrected chi connectivity index (χ2v) is 7.19. The first-order valence-electron chi connectivity index (χ1n) is 7.99. The van der Waals surface area contributed by atoms with Crippen LogP contribution in [0.4, 0.5) is 0 Å².